The summed E-state index contributed by atoms with van der Waals surface area (Å²) in [7, 11) is 1.99. The van der Waals surface area contributed by atoms with Gasteiger partial charge in [-0.1, -0.05) is 19.9 Å². The van der Waals surface area contributed by atoms with Gasteiger partial charge in [0, 0.05) is 6.42 Å². The van der Waals surface area contributed by atoms with Crippen LogP contribution in [0.3, 0.4) is 0 Å². The van der Waals surface area contributed by atoms with Crippen molar-refractivity contribution < 1.29 is 9.47 Å². The number of fused-ring (bicyclic) bond motifs is 1. The van der Waals surface area contributed by atoms with Crippen molar-refractivity contribution >= 4 is 0 Å². The summed E-state index contributed by atoms with van der Waals surface area (Å²) in [5, 5.41) is 3.21. The molecule has 0 aliphatic carbocycles. The molecule has 3 heteroatoms. The number of ether oxygens (including phenoxy) is 2. The summed E-state index contributed by atoms with van der Waals surface area (Å²) in [5.74, 6) is 1.77. The lowest BCUT2D eigenvalue weighted by atomic mass is 9.81. The molecule has 0 unspecified atom stereocenters. The highest BCUT2D eigenvalue weighted by molar-refractivity contribution is 5.45. The van der Waals surface area contributed by atoms with Gasteiger partial charge in [0.25, 0.3) is 0 Å². The molecule has 1 N–H and O–H groups in total. The van der Waals surface area contributed by atoms with Gasteiger partial charge in [-0.25, -0.2) is 0 Å². The lowest BCUT2D eigenvalue weighted by Gasteiger charge is -2.26. The number of rotatable bonds is 4. The zero-order valence-corrected chi connectivity index (χ0v) is 11.6. The number of nitrogens with one attached hydrogen (secondary N) is 1. The Morgan fingerprint density at radius 1 is 1.17 bits per heavy atom. The van der Waals surface area contributed by atoms with E-state index in [1.807, 2.05) is 13.1 Å². The fraction of sp³-hybridized carbons (Fsp3) is 0.600. The molecule has 0 saturated heterocycles. The second-order valence-corrected chi connectivity index (χ2v) is 5.45. The molecule has 0 amide bonds. The molecule has 0 fully saturated rings. The van der Waals surface area contributed by atoms with E-state index >= 15 is 0 Å². The van der Waals surface area contributed by atoms with Crippen molar-refractivity contribution in [2.75, 3.05) is 26.8 Å². The molecule has 1 aliphatic heterocycles. The van der Waals surface area contributed by atoms with Crippen molar-refractivity contribution in [3.05, 3.63) is 23.8 Å². The van der Waals surface area contributed by atoms with Gasteiger partial charge >= 0.3 is 0 Å². The van der Waals surface area contributed by atoms with Crippen LogP contribution in [0.25, 0.3) is 0 Å². The molecular weight excluding hydrogens is 226 g/mol. The van der Waals surface area contributed by atoms with E-state index in [1.54, 1.807) is 0 Å². The van der Waals surface area contributed by atoms with Gasteiger partial charge in [0.2, 0.25) is 0 Å². The predicted octanol–water partition coefficient (Wildman–Crippen LogP) is 2.74. The average Bonchev–Trinajstić information content (AvgIpc) is 2.60. The quantitative estimate of drug-likeness (QED) is 0.890. The highest BCUT2D eigenvalue weighted by atomic mass is 16.5. The summed E-state index contributed by atoms with van der Waals surface area (Å²) in [4.78, 5) is 0. The Morgan fingerprint density at radius 2 is 1.89 bits per heavy atom. The Labute approximate surface area is 109 Å². The zero-order chi connectivity index (χ0) is 13.0. The van der Waals surface area contributed by atoms with E-state index < -0.39 is 0 Å². The second kappa shape index (κ2) is 5.61. The lowest BCUT2D eigenvalue weighted by molar-refractivity contribution is 0.296. The number of hydrogen-bond donors (Lipinski definition) is 1. The van der Waals surface area contributed by atoms with Crippen molar-refractivity contribution in [2.24, 2.45) is 0 Å². The summed E-state index contributed by atoms with van der Waals surface area (Å²) in [6.07, 6.45) is 2.05. The molecule has 0 spiro atoms. The van der Waals surface area contributed by atoms with E-state index in [4.69, 9.17) is 9.47 Å². The average molecular weight is 249 g/mol. The Hall–Kier alpha value is -1.22. The van der Waals surface area contributed by atoms with Crippen molar-refractivity contribution in [2.45, 2.75) is 32.1 Å². The van der Waals surface area contributed by atoms with E-state index in [0.717, 1.165) is 44.1 Å². The third kappa shape index (κ3) is 2.96. The highest BCUT2D eigenvalue weighted by Crippen LogP contribution is 2.35. The Balaban J connectivity index is 2.21. The van der Waals surface area contributed by atoms with Crippen LogP contribution in [-0.2, 0) is 5.41 Å². The van der Waals surface area contributed by atoms with Gasteiger partial charge in [-0.2, -0.15) is 0 Å². The molecule has 0 radical (unpaired) electrons. The van der Waals surface area contributed by atoms with Crippen LogP contribution in [0.5, 0.6) is 11.5 Å². The maximum absolute atomic E-state index is 5.75. The molecule has 0 bridgehead atoms. The molecule has 1 aromatic rings. The summed E-state index contributed by atoms with van der Waals surface area (Å²) < 4.78 is 11.4. The van der Waals surface area contributed by atoms with Crippen molar-refractivity contribution in [1.29, 1.82) is 0 Å². The highest BCUT2D eigenvalue weighted by Gasteiger charge is 2.22. The molecule has 2 rings (SSSR count). The first-order valence-electron chi connectivity index (χ1n) is 6.68. The van der Waals surface area contributed by atoms with Crippen LogP contribution in [0.2, 0.25) is 0 Å². The molecule has 100 valence electrons. The fourth-order valence-corrected chi connectivity index (χ4v) is 2.17. The van der Waals surface area contributed by atoms with E-state index in [1.165, 1.54) is 5.56 Å². The molecule has 1 heterocycles. The van der Waals surface area contributed by atoms with Crippen LogP contribution in [0.15, 0.2) is 18.2 Å². The minimum Gasteiger partial charge on any atom is -0.490 e. The van der Waals surface area contributed by atoms with E-state index in [-0.39, 0.29) is 5.41 Å². The third-order valence-corrected chi connectivity index (χ3v) is 3.53. The normalized spacial score (nSPS) is 15.3. The number of benzene rings is 1. The topological polar surface area (TPSA) is 30.5 Å². The largest absolute Gasteiger partial charge is 0.490 e. The van der Waals surface area contributed by atoms with Crippen molar-refractivity contribution in [3.8, 4) is 11.5 Å². The number of hydrogen-bond acceptors (Lipinski definition) is 3. The minimum atomic E-state index is 0.147. The van der Waals surface area contributed by atoms with Crippen LogP contribution < -0.4 is 14.8 Å². The third-order valence-electron chi connectivity index (χ3n) is 3.53. The summed E-state index contributed by atoms with van der Waals surface area (Å²) in [6.45, 7) is 7.04. The van der Waals surface area contributed by atoms with Crippen LogP contribution in [0.4, 0.5) is 0 Å². The van der Waals surface area contributed by atoms with Crippen LogP contribution in [0, 0.1) is 0 Å². The summed E-state index contributed by atoms with van der Waals surface area (Å²) in [6, 6.07) is 6.33. The first-order valence-corrected chi connectivity index (χ1v) is 6.68. The van der Waals surface area contributed by atoms with Gasteiger partial charge < -0.3 is 14.8 Å². The maximum atomic E-state index is 5.75. The molecule has 0 saturated carbocycles. The Kier molecular flexibility index (Phi) is 4.12. The summed E-state index contributed by atoms with van der Waals surface area (Å²) in [5.41, 5.74) is 1.45. The summed E-state index contributed by atoms with van der Waals surface area (Å²) >= 11 is 0. The first kappa shape index (κ1) is 13.2. The van der Waals surface area contributed by atoms with Crippen LogP contribution >= 0.6 is 0 Å². The smallest absolute Gasteiger partial charge is 0.161 e. The molecular formula is C15H23NO2. The van der Waals surface area contributed by atoms with Crippen LogP contribution in [0.1, 0.15) is 32.3 Å². The van der Waals surface area contributed by atoms with Crippen molar-refractivity contribution in [3.63, 3.8) is 0 Å². The predicted molar refractivity (Wildman–Crippen MR) is 73.6 cm³/mol. The second-order valence-electron chi connectivity index (χ2n) is 5.45. The van der Waals surface area contributed by atoms with Gasteiger partial charge in [0.1, 0.15) is 0 Å². The molecule has 1 aliphatic rings. The van der Waals surface area contributed by atoms with Gasteiger partial charge in [0.05, 0.1) is 13.2 Å². The SMILES string of the molecule is CNCCC(C)(C)c1ccc2c(c1)OCCCO2. The minimum absolute atomic E-state index is 0.147. The molecule has 0 aromatic heterocycles. The van der Waals surface area contributed by atoms with E-state index in [0.29, 0.717) is 0 Å². The van der Waals surface area contributed by atoms with Crippen molar-refractivity contribution in [1.82, 2.24) is 5.32 Å². The monoisotopic (exact) mass is 249 g/mol. The zero-order valence-electron chi connectivity index (χ0n) is 11.6. The van der Waals surface area contributed by atoms with Gasteiger partial charge in [-0.05, 0) is 43.1 Å². The van der Waals surface area contributed by atoms with Crippen LogP contribution in [-0.4, -0.2) is 26.8 Å². The molecule has 18 heavy (non-hydrogen) atoms. The Bertz CT molecular complexity index is 401. The Morgan fingerprint density at radius 3 is 2.61 bits per heavy atom. The van der Waals surface area contributed by atoms with Gasteiger partial charge in [-0.15, -0.1) is 0 Å². The standard InChI is InChI=1S/C15H23NO2/c1-15(2,7-8-16-3)12-5-6-13-14(11-12)18-10-4-9-17-13/h5-6,11,16H,4,7-10H2,1-3H3. The molecule has 1 aromatic carbocycles. The lowest BCUT2D eigenvalue weighted by Crippen LogP contribution is -2.23. The molecule has 0 atom stereocenters. The van der Waals surface area contributed by atoms with E-state index in [2.05, 4.69) is 31.3 Å². The maximum Gasteiger partial charge on any atom is 0.161 e. The van der Waals surface area contributed by atoms with Gasteiger partial charge in [0.15, 0.2) is 11.5 Å². The van der Waals surface area contributed by atoms with Gasteiger partial charge in [-0.3, -0.25) is 0 Å². The molecule has 3 nitrogen and oxygen atoms in total. The fourth-order valence-electron chi connectivity index (χ4n) is 2.17. The first-order chi connectivity index (χ1) is 8.63. The van der Waals surface area contributed by atoms with E-state index in [9.17, 15) is 0 Å².